The fourth-order valence-electron chi connectivity index (χ4n) is 5.96. The first-order valence-electron chi connectivity index (χ1n) is 15.5. The van der Waals surface area contributed by atoms with E-state index in [2.05, 4.69) is 154 Å². The van der Waals surface area contributed by atoms with E-state index in [-0.39, 0.29) is 16.7 Å². The zero-order chi connectivity index (χ0) is 30.6. The average molecular weight is 553 g/mol. The molecule has 0 heterocycles. The van der Waals surface area contributed by atoms with E-state index >= 15 is 0 Å². The summed E-state index contributed by atoms with van der Waals surface area (Å²) in [6.45, 7) is 22.2. The molecule has 0 aliphatic heterocycles. The highest BCUT2D eigenvalue weighted by molar-refractivity contribution is 5.82. The molecule has 2 atom stereocenters. The summed E-state index contributed by atoms with van der Waals surface area (Å²) in [5.41, 5.74) is 8.37. The molecule has 0 aromatic heterocycles. The highest BCUT2D eigenvalue weighted by Gasteiger charge is 2.39. The Kier molecular flexibility index (Phi) is 13.3. The third-order valence-electron chi connectivity index (χ3n) is 8.85. The molecule has 0 radical (unpaired) electrons. The summed E-state index contributed by atoms with van der Waals surface area (Å²) in [7, 11) is 0. The van der Waals surface area contributed by atoms with Crippen molar-refractivity contribution in [2.24, 2.45) is 22.7 Å². The number of hydrogen-bond acceptors (Lipinski definition) is 1. The highest BCUT2D eigenvalue weighted by atomic mass is 16.1. The second-order valence-electron chi connectivity index (χ2n) is 13.6. The van der Waals surface area contributed by atoms with Gasteiger partial charge in [0.1, 0.15) is 5.78 Å². The summed E-state index contributed by atoms with van der Waals surface area (Å²) in [5, 5.41) is 0. The van der Waals surface area contributed by atoms with Gasteiger partial charge in [-0.3, -0.25) is 4.79 Å². The van der Waals surface area contributed by atoms with E-state index < -0.39 is 0 Å². The zero-order valence-electron chi connectivity index (χ0n) is 27.7. The Morgan fingerprint density at radius 3 is 1.78 bits per heavy atom. The minimum absolute atomic E-state index is 0.104. The molecule has 1 nitrogen and oxygen atoms in total. The van der Waals surface area contributed by atoms with Crippen LogP contribution in [0.5, 0.6) is 0 Å². The first kappa shape index (κ1) is 34.3. The van der Waals surface area contributed by atoms with Gasteiger partial charge in [-0.25, -0.2) is 0 Å². The molecule has 2 aliphatic carbocycles. The zero-order valence-corrected chi connectivity index (χ0v) is 27.7. The summed E-state index contributed by atoms with van der Waals surface area (Å²) >= 11 is 0. The molecule has 2 aliphatic rings. The second kappa shape index (κ2) is 15.9. The molecule has 2 rings (SSSR count). The summed E-state index contributed by atoms with van der Waals surface area (Å²) in [6.07, 6.45) is 35.8. The van der Waals surface area contributed by atoms with E-state index in [1.165, 1.54) is 47.1 Å². The van der Waals surface area contributed by atoms with Gasteiger partial charge in [-0.15, -0.1) is 0 Å². The van der Waals surface area contributed by atoms with Crippen LogP contribution in [0.1, 0.15) is 101 Å². The van der Waals surface area contributed by atoms with Crippen molar-refractivity contribution in [3.8, 4) is 0 Å². The molecule has 0 spiro atoms. The Balaban J connectivity index is 1.88. The van der Waals surface area contributed by atoms with Crippen molar-refractivity contribution < 1.29 is 4.79 Å². The van der Waals surface area contributed by atoms with Gasteiger partial charge in [-0.05, 0) is 82.6 Å². The fraction of sp³-hybridized carbons (Fsp3) is 0.475. The summed E-state index contributed by atoms with van der Waals surface area (Å²) in [4.78, 5) is 12.2. The Morgan fingerprint density at radius 1 is 0.707 bits per heavy atom. The Morgan fingerprint density at radius 2 is 1.22 bits per heavy atom. The van der Waals surface area contributed by atoms with Crippen molar-refractivity contribution >= 4 is 5.78 Å². The molecule has 0 amide bonds. The summed E-state index contributed by atoms with van der Waals surface area (Å²) in [5.74, 6) is 0.803. The van der Waals surface area contributed by atoms with Crippen LogP contribution in [0.25, 0.3) is 0 Å². The monoisotopic (exact) mass is 552 g/mol. The molecule has 1 heteroatoms. The van der Waals surface area contributed by atoms with Gasteiger partial charge < -0.3 is 0 Å². The van der Waals surface area contributed by atoms with Crippen LogP contribution in [0.3, 0.4) is 0 Å². The minimum atomic E-state index is 0.104. The van der Waals surface area contributed by atoms with Gasteiger partial charge in [0.25, 0.3) is 0 Å². The molecule has 0 bridgehead atoms. The van der Waals surface area contributed by atoms with Crippen LogP contribution in [-0.4, -0.2) is 5.78 Å². The van der Waals surface area contributed by atoms with Crippen LogP contribution < -0.4 is 0 Å². The van der Waals surface area contributed by atoms with Gasteiger partial charge in [0, 0.05) is 12.3 Å². The highest BCUT2D eigenvalue weighted by Crippen LogP contribution is 2.43. The van der Waals surface area contributed by atoms with Crippen LogP contribution in [0, 0.1) is 22.7 Å². The molecule has 0 N–H and O–H groups in total. The van der Waals surface area contributed by atoms with Crippen LogP contribution >= 0.6 is 0 Å². The largest absolute Gasteiger partial charge is 0.299 e. The van der Waals surface area contributed by atoms with E-state index in [0.717, 1.165) is 6.42 Å². The molecule has 41 heavy (non-hydrogen) atoms. The Hall–Kier alpha value is -2.93. The standard InChI is InChI=1S/C40H56O/c1-30(18-13-20-32(3)23-25-36-34(5)22-15-28-39(36,7)8)16-11-12-17-31(2)19-14-21-33(4)24-26-37-35(6)38(41)27-29-40(37,9)10/h11-14,16-21,23-26,35,37H,15,22,27-29H2,1-10H3/b12-11+,18-13+,19-14+,25-23+,26-24+,30-16+,31-17+,32-20+,33-21+. The number of allylic oxidation sites excluding steroid dienone is 20. The third kappa shape index (κ3) is 11.5. The molecule has 0 saturated heterocycles. The van der Waals surface area contributed by atoms with Gasteiger partial charge >= 0.3 is 0 Å². The summed E-state index contributed by atoms with van der Waals surface area (Å²) in [6, 6.07) is 0. The number of carbonyl (C=O) groups excluding carboxylic acids is 1. The van der Waals surface area contributed by atoms with E-state index in [4.69, 9.17) is 0 Å². The predicted octanol–water partition coefficient (Wildman–Crippen LogP) is 11.7. The second-order valence-corrected chi connectivity index (χ2v) is 13.6. The third-order valence-corrected chi connectivity index (χ3v) is 8.85. The molecule has 222 valence electrons. The maximum Gasteiger partial charge on any atom is 0.136 e. The number of rotatable bonds is 10. The van der Waals surface area contributed by atoms with Gasteiger partial charge in [-0.1, -0.05) is 148 Å². The molecular weight excluding hydrogens is 496 g/mol. The topological polar surface area (TPSA) is 17.1 Å². The smallest absolute Gasteiger partial charge is 0.136 e. The number of carbonyl (C=O) groups is 1. The average Bonchev–Trinajstić information content (AvgIpc) is 2.88. The van der Waals surface area contributed by atoms with Crippen molar-refractivity contribution in [2.45, 2.75) is 101 Å². The Bertz CT molecular complexity index is 1220. The molecule has 0 aromatic rings. The van der Waals surface area contributed by atoms with E-state index in [9.17, 15) is 4.79 Å². The molecule has 0 aromatic carbocycles. The molecule has 1 saturated carbocycles. The van der Waals surface area contributed by atoms with Crippen molar-refractivity contribution in [1.29, 1.82) is 0 Å². The van der Waals surface area contributed by atoms with Gasteiger partial charge in [-0.2, -0.15) is 0 Å². The quantitative estimate of drug-likeness (QED) is 0.246. The number of Topliss-reactive ketones (excluding diaryl/α,β-unsaturated/α-hetero) is 1. The van der Waals surface area contributed by atoms with Crippen LogP contribution in [0.4, 0.5) is 0 Å². The first-order valence-corrected chi connectivity index (χ1v) is 15.5. The van der Waals surface area contributed by atoms with Gasteiger partial charge in [0.15, 0.2) is 0 Å². The lowest BCUT2D eigenvalue weighted by molar-refractivity contribution is -0.128. The van der Waals surface area contributed by atoms with E-state index in [1.54, 1.807) is 5.57 Å². The van der Waals surface area contributed by atoms with Gasteiger partial charge in [0.2, 0.25) is 0 Å². The molecule has 2 unspecified atom stereocenters. The first-order chi connectivity index (χ1) is 19.2. The number of ketones is 1. The Labute approximate surface area is 252 Å². The van der Waals surface area contributed by atoms with Crippen LogP contribution in [-0.2, 0) is 4.79 Å². The van der Waals surface area contributed by atoms with Crippen molar-refractivity contribution in [3.05, 3.63) is 119 Å². The minimum Gasteiger partial charge on any atom is -0.299 e. The van der Waals surface area contributed by atoms with Crippen LogP contribution in [0.2, 0.25) is 0 Å². The van der Waals surface area contributed by atoms with E-state index in [0.29, 0.717) is 18.1 Å². The SMILES string of the molecule is CC1=C(/C=C/C(C)=C/C=C/C(C)=C/C=C/C=C(C)/C=C/C=C(C)/C=C/C2C(C)C(=O)CCC2(C)C)C(C)(C)CCC1. The molecule has 1 fully saturated rings. The van der Waals surface area contributed by atoms with Crippen LogP contribution in [0.15, 0.2) is 119 Å². The van der Waals surface area contributed by atoms with Gasteiger partial charge in [0.05, 0.1) is 0 Å². The lowest BCUT2D eigenvalue weighted by atomic mass is 9.63. The van der Waals surface area contributed by atoms with E-state index in [1.807, 2.05) is 0 Å². The normalized spacial score (nSPS) is 25.3. The maximum atomic E-state index is 12.2. The lowest BCUT2D eigenvalue weighted by Gasteiger charge is -2.40. The maximum absolute atomic E-state index is 12.2. The predicted molar refractivity (Wildman–Crippen MR) is 182 cm³/mol. The number of hydrogen-bond donors (Lipinski definition) is 0. The fourth-order valence-corrected chi connectivity index (χ4v) is 5.96. The summed E-state index contributed by atoms with van der Waals surface area (Å²) < 4.78 is 0. The van der Waals surface area contributed by atoms with Crippen molar-refractivity contribution in [2.75, 3.05) is 0 Å². The lowest BCUT2D eigenvalue weighted by Crippen LogP contribution is -2.37. The molecular formula is C40H56O. The van der Waals surface area contributed by atoms with Crippen molar-refractivity contribution in [3.63, 3.8) is 0 Å². The van der Waals surface area contributed by atoms with Crippen molar-refractivity contribution in [1.82, 2.24) is 0 Å².